The van der Waals surface area contributed by atoms with E-state index >= 15 is 8.78 Å². The van der Waals surface area contributed by atoms with E-state index in [-0.39, 0.29) is 61.5 Å². The number of imide groups is 1. The molecule has 3 aromatic carbocycles. The quantitative estimate of drug-likeness (QED) is 0.100. The maximum Gasteiger partial charge on any atom is 0.257 e. The Hall–Kier alpha value is -5.91. The van der Waals surface area contributed by atoms with Gasteiger partial charge in [-0.2, -0.15) is 5.10 Å². The van der Waals surface area contributed by atoms with Crippen molar-refractivity contribution in [3.8, 4) is 16.9 Å². The normalized spacial score (nSPS) is 20.5. The molecule has 4 aliphatic rings. The molecular weight excluding hydrogens is 791 g/mol. The van der Waals surface area contributed by atoms with Crippen LogP contribution in [0.1, 0.15) is 90.7 Å². The van der Waals surface area contributed by atoms with Crippen LogP contribution in [-0.2, 0) is 20.9 Å². The third-order valence-electron chi connectivity index (χ3n) is 11.9. The van der Waals surface area contributed by atoms with E-state index in [9.17, 15) is 24.3 Å². The largest absolute Gasteiger partial charge is 0.494 e. The Morgan fingerprint density at radius 1 is 0.984 bits per heavy atom. The lowest BCUT2D eigenvalue weighted by atomic mass is 10.00. The Morgan fingerprint density at radius 3 is 2.56 bits per heavy atom. The molecule has 4 N–H and O–H groups in total. The van der Waals surface area contributed by atoms with Gasteiger partial charge in [-0.15, -0.1) is 0 Å². The molecule has 17 heteroatoms. The standard InChI is InChI=1S/C44H48F2N8O7/c45-34-19-26(20-35(46)33(34)23-47-14-17-55)30-5-4-6-36-41(30)50-37(24-48-36)27-22-49-53(25-27)28-12-15-52(16-13-28)40(57)7-2-1-3-18-61-29-8-9-31-32(21-29)44(60)54(43(31)59)38-10-11-39(56)51-42(38)58/h4-6,8-9,19-22,24,27-28,38,43,47,55,59H,1-3,7,10-18,23,25H2,(H,51,56,58). The Balaban J connectivity index is 0.770. The lowest BCUT2D eigenvalue weighted by Gasteiger charge is -2.36. The topological polar surface area (TPSA) is 190 Å². The molecule has 1 aromatic heterocycles. The second kappa shape index (κ2) is 18.4. The van der Waals surface area contributed by atoms with Crippen LogP contribution in [0.5, 0.6) is 5.75 Å². The first-order valence-corrected chi connectivity index (χ1v) is 20.8. The molecule has 0 spiro atoms. The molecule has 0 bridgehead atoms. The molecule has 15 nitrogen and oxygen atoms in total. The number of hydrazone groups is 1. The number of hydrogen-bond acceptors (Lipinski definition) is 12. The molecule has 61 heavy (non-hydrogen) atoms. The van der Waals surface area contributed by atoms with E-state index in [4.69, 9.17) is 19.9 Å². The number of nitrogens with zero attached hydrogens (tertiary/aromatic N) is 6. The van der Waals surface area contributed by atoms with Crippen LogP contribution in [0.15, 0.2) is 59.8 Å². The van der Waals surface area contributed by atoms with Crippen LogP contribution >= 0.6 is 0 Å². The van der Waals surface area contributed by atoms with Crippen LogP contribution in [-0.4, -0.2) is 116 Å². The number of halogens is 2. The predicted octanol–water partition coefficient (Wildman–Crippen LogP) is 3.92. The molecular formula is C44H48F2N8O7. The van der Waals surface area contributed by atoms with Gasteiger partial charge in [0.05, 0.1) is 47.5 Å². The van der Waals surface area contributed by atoms with Crippen molar-refractivity contribution >= 4 is 40.9 Å². The summed E-state index contributed by atoms with van der Waals surface area (Å²) in [6.45, 7) is 2.31. The number of aliphatic hydroxyl groups is 2. The maximum absolute atomic E-state index is 15.0. The molecule has 0 saturated carbocycles. The van der Waals surface area contributed by atoms with Crippen LogP contribution in [0.3, 0.4) is 0 Å². The predicted molar refractivity (Wildman–Crippen MR) is 219 cm³/mol. The van der Waals surface area contributed by atoms with E-state index in [0.717, 1.165) is 24.2 Å². The highest BCUT2D eigenvalue weighted by Gasteiger charge is 2.44. The summed E-state index contributed by atoms with van der Waals surface area (Å²) < 4.78 is 36.0. The summed E-state index contributed by atoms with van der Waals surface area (Å²) in [6, 6.07) is 12.1. The zero-order valence-electron chi connectivity index (χ0n) is 33.6. The zero-order chi connectivity index (χ0) is 42.6. The summed E-state index contributed by atoms with van der Waals surface area (Å²) in [5, 5.41) is 31.6. The van der Waals surface area contributed by atoms with E-state index in [1.54, 1.807) is 36.5 Å². The molecule has 3 unspecified atom stereocenters. The number of fused-ring (bicyclic) bond motifs is 2. The minimum Gasteiger partial charge on any atom is -0.494 e. The maximum atomic E-state index is 15.0. The summed E-state index contributed by atoms with van der Waals surface area (Å²) in [4.78, 5) is 62.8. The van der Waals surface area contributed by atoms with Crippen molar-refractivity contribution in [3.63, 3.8) is 0 Å². The van der Waals surface area contributed by atoms with Gasteiger partial charge < -0.3 is 25.2 Å². The van der Waals surface area contributed by atoms with E-state index in [1.807, 2.05) is 17.2 Å². The number of carbonyl (C=O) groups is 4. The van der Waals surface area contributed by atoms with Crippen molar-refractivity contribution in [2.45, 2.75) is 82.1 Å². The smallest absolute Gasteiger partial charge is 0.257 e. The first kappa shape index (κ1) is 41.8. The van der Waals surface area contributed by atoms with Gasteiger partial charge in [0.15, 0.2) is 6.23 Å². The molecule has 320 valence electrons. The average Bonchev–Trinajstić information content (AvgIpc) is 3.85. The SMILES string of the molecule is O=C1CCC(N2C(=O)c3cc(OCCCCCC(=O)N4CCC(N5CC(c6cnc7cccc(-c8cc(F)c(CNCCO)c(F)c8)c7n6)C=N5)CC4)ccc3C2O)C(=O)N1. The minimum atomic E-state index is -1.29. The zero-order valence-corrected chi connectivity index (χ0v) is 33.6. The molecule has 0 aliphatic carbocycles. The molecule has 2 saturated heterocycles. The first-order chi connectivity index (χ1) is 29.6. The van der Waals surface area contributed by atoms with Gasteiger partial charge in [-0.3, -0.25) is 39.4 Å². The van der Waals surface area contributed by atoms with Gasteiger partial charge in [0.25, 0.3) is 5.91 Å². The number of amides is 4. The third-order valence-corrected chi connectivity index (χ3v) is 11.9. The number of aromatic nitrogens is 2. The van der Waals surface area contributed by atoms with Gasteiger partial charge in [0.1, 0.15) is 23.4 Å². The van der Waals surface area contributed by atoms with Crippen LogP contribution in [0.4, 0.5) is 8.78 Å². The Morgan fingerprint density at radius 2 is 1.79 bits per heavy atom. The van der Waals surface area contributed by atoms with Gasteiger partial charge in [-0.1, -0.05) is 18.2 Å². The molecule has 4 aromatic rings. The van der Waals surface area contributed by atoms with Crippen LogP contribution < -0.4 is 15.4 Å². The fourth-order valence-electron chi connectivity index (χ4n) is 8.56. The van der Waals surface area contributed by atoms with Crippen molar-refractivity contribution in [3.05, 3.63) is 88.7 Å². The number of rotatable bonds is 15. The van der Waals surface area contributed by atoms with Crippen molar-refractivity contribution in [2.75, 3.05) is 39.4 Å². The summed E-state index contributed by atoms with van der Waals surface area (Å²) in [6.07, 6.45) is 6.73. The Labute approximate surface area is 350 Å². The van der Waals surface area contributed by atoms with E-state index in [0.29, 0.717) is 84.7 Å². The number of piperidine rings is 2. The summed E-state index contributed by atoms with van der Waals surface area (Å²) in [5.74, 6) is -2.40. The summed E-state index contributed by atoms with van der Waals surface area (Å²) >= 11 is 0. The second-order valence-electron chi connectivity index (χ2n) is 15.9. The molecule has 0 radical (unpaired) electrons. The average molecular weight is 839 g/mol. The third kappa shape index (κ3) is 8.95. The van der Waals surface area contributed by atoms with Crippen LogP contribution in [0, 0.1) is 11.6 Å². The number of likely N-dealkylation sites (tertiary alicyclic amines) is 1. The summed E-state index contributed by atoms with van der Waals surface area (Å²) in [7, 11) is 0. The number of carbonyl (C=O) groups excluding carboxylic acids is 4. The van der Waals surface area contributed by atoms with Crippen molar-refractivity contribution < 1.29 is 42.9 Å². The number of aliphatic hydroxyl groups excluding tert-OH is 2. The number of unbranched alkanes of at least 4 members (excludes halogenated alkanes) is 2. The summed E-state index contributed by atoms with van der Waals surface area (Å²) in [5.41, 5.74) is 3.32. The lowest BCUT2D eigenvalue weighted by molar-refractivity contribution is -0.139. The van der Waals surface area contributed by atoms with Gasteiger partial charge in [0, 0.05) is 74.7 Å². The van der Waals surface area contributed by atoms with Crippen molar-refractivity contribution in [2.24, 2.45) is 5.10 Å². The Bertz CT molecular complexity index is 2330. The van der Waals surface area contributed by atoms with Gasteiger partial charge in [0.2, 0.25) is 17.7 Å². The first-order valence-electron chi connectivity index (χ1n) is 20.8. The second-order valence-corrected chi connectivity index (χ2v) is 15.9. The van der Waals surface area contributed by atoms with Crippen molar-refractivity contribution in [1.29, 1.82) is 0 Å². The molecule has 3 atom stereocenters. The monoisotopic (exact) mass is 838 g/mol. The van der Waals surface area contributed by atoms with E-state index in [1.165, 1.54) is 12.1 Å². The molecule has 8 rings (SSSR count). The van der Waals surface area contributed by atoms with Gasteiger partial charge in [-0.05, 0) is 74.4 Å². The fraction of sp³-hybridized carbons (Fsp3) is 0.432. The number of hydrogen-bond donors (Lipinski definition) is 4. The number of nitrogens with one attached hydrogen (secondary N) is 2. The van der Waals surface area contributed by atoms with Crippen LogP contribution in [0.2, 0.25) is 0 Å². The number of ether oxygens (including phenoxy) is 1. The van der Waals surface area contributed by atoms with E-state index < -0.39 is 41.6 Å². The number of para-hydroxylation sites is 1. The minimum absolute atomic E-state index is 0.0410. The highest BCUT2D eigenvalue weighted by Crippen LogP contribution is 2.37. The molecule has 2 fully saturated rings. The highest BCUT2D eigenvalue weighted by atomic mass is 19.1. The lowest BCUT2D eigenvalue weighted by Crippen LogP contribution is -2.53. The molecule has 5 heterocycles. The van der Waals surface area contributed by atoms with E-state index in [2.05, 4.69) is 20.6 Å². The van der Waals surface area contributed by atoms with Crippen LogP contribution in [0.25, 0.3) is 22.2 Å². The highest BCUT2D eigenvalue weighted by molar-refractivity contribution is 6.06. The fourth-order valence-corrected chi connectivity index (χ4v) is 8.56. The molecule has 4 aliphatic heterocycles. The van der Waals surface area contributed by atoms with Crippen molar-refractivity contribution in [1.82, 2.24) is 35.4 Å². The van der Waals surface area contributed by atoms with Gasteiger partial charge >= 0.3 is 0 Å². The van der Waals surface area contributed by atoms with Gasteiger partial charge in [-0.25, -0.2) is 13.8 Å². The molecule has 4 amide bonds. The number of benzene rings is 3. The Kier molecular flexibility index (Phi) is 12.6.